The minimum absolute atomic E-state index is 0.0268. The van der Waals surface area contributed by atoms with E-state index in [1.807, 2.05) is 12.1 Å². The Morgan fingerprint density at radius 3 is 2.13 bits per heavy atom. The molecule has 0 radical (unpaired) electrons. The highest BCUT2D eigenvalue weighted by Gasteiger charge is 2.23. The number of aryl methyl sites for hydroxylation is 1. The molecule has 8 nitrogen and oxygen atoms in total. The van der Waals surface area contributed by atoms with Gasteiger partial charge in [-0.3, -0.25) is 14.7 Å². The van der Waals surface area contributed by atoms with Gasteiger partial charge in [-0.05, 0) is 75.1 Å². The van der Waals surface area contributed by atoms with Crippen LogP contribution >= 0.6 is 0 Å². The molecule has 39 heavy (non-hydrogen) atoms. The fourth-order valence-electron chi connectivity index (χ4n) is 4.19. The molecule has 2 amide bonds. The Kier molecular flexibility index (Phi) is 7.33. The number of ether oxygens (including phenoxy) is 1. The van der Waals surface area contributed by atoms with E-state index in [1.165, 1.54) is 0 Å². The number of nitrogens with zero attached hydrogens (tertiary/aromatic N) is 1. The van der Waals surface area contributed by atoms with Gasteiger partial charge in [0.1, 0.15) is 5.60 Å². The fourth-order valence-corrected chi connectivity index (χ4v) is 4.19. The van der Waals surface area contributed by atoms with Crippen LogP contribution in [0.15, 0.2) is 60.7 Å². The molecular formula is C31H34N4O4. The largest absolute Gasteiger partial charge is 0.456 e. The summed E-state index contributed by atoms with van der Waals surface area (Å²) in [5.41, 5.74) is 3.45. The first-order valence-electron chi connectivity index (χ1n) is 12.8. The summed E-state index contributed by atoms with van der Waals surface area (Å²) in [4.78, 5) is 39.3. The average molecular weight is 527 g/mol. The summed E-state index contributed by atoms with van der Waals surface area (Å²) in [6.45, 7) is 13.5. The summed E-state index contributed by atoms with van der Waals surface area (Å²) in [5.74, 6) is -1.28. The minimum Gasteiger partial charge on any atom is -0.456 e. The third-order valence-electron chi connectivity index (χ3n) is 6.15. The predicted octanol–water partition coefficient (Wildman–Crippen LogP) is 6.63. The monoisotopic (exact) mass is 526 g/mol. The SMILES string of the molecule is Cc1n[nH]c2cc(NC(=O)c3ccccc3NC(=O)c3ccc(C(C)(C)C)cc3)cc(C(=O)OC(C)(C)C)c12. The third-order valence-corrected chi connectivity index (χ3v) is 6.15. The van der Waals surface area contributed by atoms with Crippen molar-refractivity contribution in [3.63, 3.8) is 0 Å². The van der Waals surface area contributed by atoms with Crippen molar-refractivity contribution in [1.29, 1.82) is 0 Å². The van der Waals surface area contributed by atoms with Crippen LogP contribution in [0.25, 0.3) is 10.9 Å². The highest BCUT2D eigenvalue weighted by Crippen LogP contribution is 2.28. The van der Waals surface area contributed by atoms with Gasteiger partial charge in [-0.25, -0.2) is 4.79 Å². The molecule has 0 aliphatic carbocycles. The van der Waals surface area contributed by atoms with Crippen molar-refractivity contribution in [2.24, 2.45) is 0 Å². The number of hydrogen-bond donors (Lipinski definition) is 3. The van der Waals surface area contributed by atoms with Gasteiger partial charge in [-0.15, -0.1) is 0 Å². The molecule has 0 saturated heterocycles. The molecule has 0 fully saturated rings. The van der Waals surface area contributed by atoms with E-state index in [0.717, 1.165) is 5.56 Å². The first-order valence-corrected chi connectivity index (χ1v) is 12.8. The lowest BCUT2D eigenvalue weighted by Gasteiger charge is -2.20. The Bertz CT molecular complexity index is 1550. The van der Waals surface area contributed by atoms with E-state index < -0.39 is 17.5 Å². The Morgan fingerprint density at radius 1 is 0.821 bits per heavy atom. The average Bonchev–Trinajstić information content (AvgIpc) is 3.22. The van der Waals surface area contributed by atoms with E-state index in [4.69, 9.17) is 4.74 Å². The minimum atomic E-state index is -0.690. The van der Waals surface area contributed by atoms with E-state index >= 15 is 0 Å². The number of benzene rings is 3. The maximum atomic E-state index is 13.4. The highest BCUT2D eigenvalue weighted by molar-refractivity contribution is 6.14. The molecule has 4 rings (SSSR count). The van der Waals surface area contributed by atoms with Gasteiger partial charge in [-0.2, -0.15) is 5.10 Å². The number of nitrogens with one attached hydrogen (secondary N) is 3. The fraction of sp³-hybridized carbons (Fsp3) is 0.290. The van der Waals surface area contributed by atoms with Gasteiger partial charge in [0.2, 0.25) is 0 Å². The molecule has 1 aromatic heterocycles. The molecule has 0 atom stereocenters. The predicted molar refractivity (Wildman–Crippen MR) is 153 cm³/mol. The molecule has 1 heterocycles. The molecule has 0 spiro atoms. The van der Waals surface area contributed by atoms with Gasteiger partial charge >= 0.3 is 5.97 Å². The number of amides is 2. The molecule has 3 aromatic carbocycles. The highest BCUT2D eigenvalue weighted by atomic mass is 16.6. The summed E-state index contributed by atoms with van der Waals surface area (Å²) in [6.07, 6.45) is 0. The summed E-state index contributed by atoms with van der Waals surface area (Å²) in [5, 5.41) is 13.4. The van der Waals surface area contributed by atoms with Gasteiger partial charge in [0, 0.05) is 16.6 Å². The van der Waals surface area contributed by atoms with Gasteiger partial charge in [0.25, 0.3) is 11.8 Å². The number of H-pyrrole nitrogens is 1. The number of carbonyl (C=O) groups is 3. The molecule has 4 aromatic rings. The van der Waals surface area contributed by atoms with Crippen LogP contribution in [0.3, 0.4) is 0 Å². The van der Waals surface area contributed by atoms with Crippen LogP contribution in [0.4, 0.5) is 11.4 Å². The molecule has 0 saturated carbocycles. The Labute approximate surface area is 228 Å². The second kappa shape index (κ2) is 10.4. The van der Waals surface area contributed by atoms with E-state index in [1.54, 1.807) is 76.2 Å². The van der Waals surface area contributed by atoms with E-state index in [2.05, 4.69) is 41.6 Å². The zero-order valence-corrected chi connectivity index (χ0v) is 23.4. The molecule has 0 aliphatic rings. The first kappa shape index (κ1) is 27.6. The standard InChI is InChI=1S/C31H34N4O4/c1-18-26-23(29(38)39-31(5,6)7)16-21(17-25(26)35-34-18)32-28(37)22-10-8-9-11-24(22)33-27(36)19-12-14-20(15-13-19)30(2,3)4/h8-17H,1-7H3,(H,32,37)(H,33,36)(H,34,35). The molecule has 0 bridgehead atoms. The summed E-state index contributed by atoms with van der Waals surface area (Å²) in [6, 6.07) is 17.5. The van der Waals surface area contributed by atoms with Crippen molar-refractivity contribution in [2.75, 3.05) is 10.6 Å². The number of anilines is 2. The number of aromatic nitrogens is 2. The number of rotatable bonds is 5. The smallest absolute Gasteiger partial charge is 0.339 e. The van der Waals surface area contributed by atoms with Crippen molar-refractivity contribution < 1.29 is 19.1 Å². The third kappa shape index (κ3) is 6.34. The normalized spacial score (nSPS) is 11.8. The van der Waals surface area contributed by atoms with Crippen LogP contribution in [0.2, 0.25) is 0 Å². The molecule has 3 N–H and O–H groups in total. The Hall–Kier alpha value is -4.46. The number of aromatic amines is 1. The molecule has 0 aliphatic heterocycles. The Morgan fingerprint density at radius 2 is 1.49 bits per heavy atom. The zero-order chi connectivity index (χ0) is 28.5. The number of fused-ring (bicyclic) bond motifs is 1. The van der Waals surface area contributed by atoms with Crippen molar-refractivity contribution in [3.05, 3.63) is 88.6 Å². The number of hydrogen-bond acceptors (Lipinski definition) is 5. The lowest BCUT2D eigenvalue weighted by molar-refractivity contribution is 0.00715. The molecule has 202 valence electrons. The summed E-state index contributed by atoms with van der Waals surface area (Å²) in [7, 11) is 0. The van der Waals surface area contributed by atoms with Crippen LogP contribution in [0.5, 0.6) is 0 Å². The second-order valence-electron chi connectivity index (χ2n) is 11.5. The van der Waals surface area contributed by atoms with Gasteiger partial charge in [-0.1, -0.05) is 45.0 Å². The van der Waals surface area contributed by atoms with Crippen LogP contribution in [-0.2, 0) is 10.2 Å². The van der Waals surface area contributed by atoms with Gasteiger partial charge in [0.05, 0.1) is 28.0 Å². The van der Waals surface area contributed by atoms with Crippen LogP contribution in [-0.4, -0.2) is 33.6 Å². The van der Waals surface area contributed by atoms with Gasteiger partial charge < -0.3 is 15.4 Å². The van der Waals surface area contributed by atoms with Crippen LogP contribution in [0, 0.1) is 6.92 Å². The van der Waals surface area contributed by atoms with Gasteiger partial charge in [0.15, 0.2) is 0 Å². The van der Waals surface area contributed by atoms with Crippen molar-refractivity contribution >= 4 is 40.1 Å². The maximum absolute atomic E-state index is 13.4. The van der Waals surface area contributed by atoms with Crippen molar-refractivity contribution in [1.82, 2.24) is 10.2 Å². The lowest BCUT2D eigenvalue weighted by atomic mass is 9.86. The molecular weight excluding hydrogens is 492 g/mol. The quantitative estimate of drug-likeness (QED) is 0.253. The second-order valence-corrected chi connectivity index (χ2v) is 11.5. The topological polar surface area (TPSA) is 113 Å². The summed E-state index contributed by atoms with van der Waals surface area (Å²) < 4.78 is 5.59. The van der Waals surface area contributed by atoms with Crippen LogP contribution < -0.4 is 10.6 Å². The zero-order valence-electron chi connectivity index (χ0n) is 23.4. The lowest BCUT2D eigenvalue weighted by Crippen LogP contribution is -2.24. The number of esters is 1. The van der Waals surface area contributed by atoms with E-state index in [9.17, 15) is 14.4 Å². The number of carbonyl (C=O) groups excluding carboxylic acids is 3. The van der Waals surface area contributed by atoms with Crippen molar-refractivity contribution in [2.45, 2.75) is 59.5 Å². The first-order chi connectivity index (χ1) is 18.2. The van der Waals surface area contributed by atoms with Crippen LogP contribution in [0.1, 0.15) is 83.9 Å². The maximum Gasteiger partial charge on any atom is 0.339 e. The Balaban J connectivity index is 1.59. The van der Waals surface area contributed by atoms with E-state index in [0.29, 0.717) is 39.1 Å². The number of para-hydroxylation sites is 1. The van der Waals surface area contributed by atoms with Crippen molar-refractivity contribution in [3.8, 4) is 0 Å². The molecule has 0 unspecified atom stereocenters. The summed E-state index contributed by atoms with van der Waals surface area (Å²) >= 11 is 0. The molecule has 8 heteroatoms. The van der Waals surface area contributed by atoms with E-state index in [-0.39, 0.29) is 16.9 Å².